The highest BCUT2D eigenvalue weighted by molar-refractivity contribution is 9.10. The van der Waals surface area contributed by atoms with Crippen LogP contribution in [0.5, 0.6) is 0 Å². The molecule has 0 aliphatic heterocycles. The van der Waals surface area contributed by atoms with E-state index in [1.54, 1.807) is 12.1 Å². The maximum Gasteiger partial charge on any atom is 0.252 e. The zero-order valence-corrected chi connectivity index (χ0v) is 13.6. The molecular formula is C12H14Br2ClNO. The van der Waals surface area contributed by atoms with E-state index in [1.165, 1.54) is 0 Å². The summed E-state index contributed by atoms with van der Waals surface area (Å²) in [5.41, 5.74) is 0.514. The third-order valence-corrected chi connectivity index (χ3v) is 4.60. The number of alkyl halides is 1. The van der Waals surface area contributed by atoms with Crippen LogP contribution in [0.15, 0.2) is 22.7 Å². The second-order valence-corrected chi connectivity index (χ2v) is 6.49. The summed E-state index contributed by atoms with van der Waals surface area (Å²) in [6.45, 7) is 4.75. The molecule has 17 heavy (non-hydrogen) atoms. The van der Waals surface area contributed by atoms with Gasteiger partial charge in [0.1, 0.15) is 0 Å². The van der Waals surface area contributed by atoms with E-state index in [-0.39, 0.29) is 11.3 Å². The van der Waals surface area contributed by atoms with E-state index in [0.29, 0.717) is 17.1 Å². The molecule has 0 bridgehead atoms. The Morgan fingerprint density at radius 2 is 2.12 bits per heavy atom. The molecule has 1 rings (SSSR count). The second kappa shape index (κ2) is 6.21. The van der Waals surface area contributed by atoms with Crippen molar-refractivity contribution in [2.75, 3.05) is 11.9 Å². The van der Waals surface area contributed by atoms with Crippen LogP contribution >= 0.6 is 43.5 Å². The molecular weight excluding hydrogens is 369 g/mol. The van der Waals surface area contributed by atoms with E-state index in [4.69, 9.17) is 11.6 Å². The van der Waals surface area contributed by atoms with Crippen LogP contribution in [-0.4, -0.2) is 17.8 Å². The van der Waals surface area contributed by atoms with Gasteiger partial charge < -0.3 is 5.32 Å². The second-order valence-electron chi connectivity index (χ2n) is 4.60. The third kappa shape index (κ3) is 4.60. The van der Waals surface area contributed by atoms with E-state index in [0.717, 1.165) is 9.80 Å². The van der Waals surface area contributed by atoms with Crippen LogP contribution in [0.25, 0.3) is 0 Å². The molecule has 0 saturated carbocycles. The molecule has 0 radical (unpaired) electrons. The van der Waals surface area contributed by atoms with Crippen molar-refractivity contribution in [3.05, 3.63) is 33.3 Å². The van der Waals surface area contributed by atoms with Crippen molar-refractivity contribution in [2.24, 2.45) is 5.41 Å². The average molecular weight is 384 g/mol. The fraction of sp³-hybridized carbons (Fsp3) is 0.417. The molecule has 1 aromatic rings. The molecule has 0 heterocycles. The first-order chi connectivity index (χ1) is 7.85. The number of benzene rings is 1. The van der Waals surface area contributed by atoms with E-state index in [9.17, 15) is 4.79 Å². The lowest BCUT2D eigenvalue weighted by molar-refractivity contribution is 0.0940. The highest BCUT2D eigenvalue weighted by Crippen LogP contribution is 2.22. The van der Waals surface area contributed by atoms with Gasteiger partial charge in [-0.25, -0.2) is 0 Å². The lowest BCUT2D eigenvalue weighted by Crippen LogP contribution is -2.35. The molecule has 2 nitrogen and oxygen atoms in total. The van der Waals surface area contributed by atoms with Crippen molar-refractivity contribution in [1.29, 1.82) is 0 Å². The maximum atomic E-state index is 11.9. The van der Waals surface area contributed by atoms with Gasteiger partial charge in [-0.2, -0.15) is 0 Å². The summed E-state index contributed by atoms with van der Waals surface area (Å²) in [5.74, 6) is -0.148. The lowest BCUT2D eigenvalue weighted by Gasteiger charge is -2.22. The quantitative estimate of drug-likeness (QED) is 0.774. The molecule has 94 valence electrons. The highest BCUT2D eigenvalue weighted by Gasteiger charge is 2.18. The van der Waals surface area contributed by atoms with E-state index >= 15 is 0 Å². The monoisotopic (exact) mass is 381 g/mol. The van der Waals surface area contributed by atoms with Gasteiger partial charge >= 0.3 is 0 Å². The van der Waals surface area contributed by atoms with Gasteiger partial charge in [-0.05, 0) is 23.6 Å². The van der Waals surface area contributed by atoms with Crippen LogP contribution in [0, 0.1) is 5.41 Å². The Morgan fingerprint density at radius 3 is 2.71 bits per heavy atom. The number of carbonyl (C=O) groups excluding carboxylic acids is 1. The predicted molar refractivity (Wildman–Crippen MR) is 79.1 cm³/mol. The number of hydrogen-bond acceptors (Lipinski definition) is 1. The van der Waals surface area contributed by atoms with Gasteiger partial charge in [-0.15, -0.1) is 0 Å². The SMILES string of the molecule is CC(C)(CBr)CNC(=O)c1cc(Br)ccc1Cl. The number of hydrogen-bond donors (Lipinski definition) is 1. The van der Waals surface area contributed by atoms with Crippen molar-refractivity contribution >= 4 is 49.4 Å². The molecule has 0 aliphatic rings. The van der Waals surface area contributed by atoms with Crippen molar-refractivity contribution in [1.82, 2.24) is 5.32 Å². The minimum Gasteiger partial charge on any atom is -0.351 e. The van der Waals surface area contributed by atoms with Gasteiger partial charge in [0.15, 0.2) is 0 Å². The Morgan fingerprint density at radius 1 is 1.47 bits per heavy atom. The molecule has 0 fully saturated rings. The first-order valence-electron chi connectivity index (χ1n) is 5.15. The summed E-state index contributed by atoms with van der Waals surface area (Å²) < 4.78 is 0.840. The van der Waals surface area contributed by atoms with Crippen LogP contribution < -0.4 is 5.32 Å². The van der Waals surface area contributed by atoms with Crippen molar-refractivity contribution in [3.8, 4) is 0 Å². The third-order valence-electron chi connectivity index (χ3n) is 2.26. The highest BCUT2D eigenvalue weighted by atomic mass is 79.9. The number of amides is 1. The molecule has 0 aromatic heterocycles. The summed E-state index contributed by atoms with van der Waals surface area (Å²) in [6.07, 6.45) is 0. The molecule has 0 atom stereocenters. The molecule has 5 heteroatoms. The van der Waals surface area contributed by atoms with Gasteiger partial charge in [0.25, 0.3) is 5.91 Å². The van der Waals surface area contributed by atoms with Crippen LogP contribution in [0.1, 0.15) is 24.2 Å². The van der Waals surface area contributed by atoms with Gasteiger partial charge in [0, 0.05) is 16.3 Å². The van der Waals surface area contributed by atoms with E-state index in [2.05, 4.69) is 51.0 Å². The maximum absolute atomic E-state index is 11.9. The molecule has 0 unspecified atom stereocenters. The number of carbonyl (C=O) groups is 1. The molecule has 1 aromatic carbocycles. The Balaban J connectivity index is 2.74. The Bertz CT molecular complexity index is 421. The van der Waals surface area contributed by atoms with Crippen LogP contribution in [0.3, 0.4) is 0 Å². The number of nitrogens with one attached hydrogen (secondary N) is 1. The fourth-order valence-corrected chi connectivity index (χ4v) is 1.90. The number of halogens is 3. The largest absolute Gasteiger partial charge is 0.351 e. The molecule has 0 saturated heterocycles. The standard InChI is InChI=1S/C12H14Br2ClNO/c1-12(2,6-13)7-16-11(17)9-5-8(14)3-4-10(9)15/h3-5H,6-7H2,1-2H3,(H,16,17). The summed E-state index contributed by atoms with van der Waals surface area (Å²) in [5, 5.41) is 4.17. The van der Waals surface area contributed by atoms with Gasteiger partial charge in [-0.1, -0.05) is 57.3 Å². The molecule has 0 spiro atoms. The minimum absolute atomic E-state index is 0.0220. The fourth-order valence-electron chi connectivity index (χ4n) is 1.13. The molecule has 1 N–H and O–H groups in total. The summed E-state index contributed by atoms with van der Waals surface area (Å²) in [7, 11) is 0. The summed E-state index contributed by atoms with van der Waals surface area (Å²) in [4.78, 5) is 11.9. The first kappa shape index (κ1) is 15.0. The Labute approximate surface area is 123 Å². The lowest BCUT2D eigenvalue weighted by atomic mass is 9.97. The van der Waals surface area contributed by atoms with Crippen LogP contribution in [0.2, 0.25) is 5.02 Å². The Kier molecular flexibility index (Phi) is 5.48. The van der Waals surface area contributed by atoms with Crippen LogP contribution in [0.4, 0.5) is 0 Å². The van der Waals surface area contributed by atoms with Crippen molar-refractivity contribution in [3.63, 3.8) is 0 Å². The van der Waals surface area contributed by atoms with E-state index < -0.39 is 0 Å². The molecule has 0 aliphatic carbocycles. The van der Waals surface area contributed by atoms with Gasteiger partial charge in [0.05, 0.1) is 10.6 Å². The van der Waals surface area contributed by atoms with Crippen molar-refractivity contribution in [2.45, 2.75) is 13.8 Å². The summed E-state index contributed by atoms with van der Waals surface area (Å²) in [6, 6.07) is 5.23. The number of rotatable bonds is 4. The summed E-state index contributed by atoms with van der Waals surface area (Å²) >= 11 is 12.7. The smallest absolute Gasteiger partial charge is 0.252 e. The van der Waals surface area contributed by atoms with Crippen LogP contribution in [-0.2, 0) is 0 Å². The topological polar surface area (TPSA) is 29.1 Å². The predicted octanol–water partition coefficient (Wildman–Crippen LogP) is 4.25. The minimum atomic E-state index is -0.148. The normalized spacial score (nSPS) is 11.4. The van der Waals surface area contributed by atoms with Gasteiger partial charge in [0.2, 0.25) is 0 Å². The van der Waals surface area contributed by atoms with Crippen molar-refractivity contribution < 1.29 is 4.79 Å². The van der Waals surface area contributed by atoms with E-state index in [1.807, 2.05) is 6.07 Å². The van der Waals surface area contributed by atoms with Gasteiger partial charge in [-0.3, -0.25) is 4.79 Å². The average Bonchev–Trinajstić information content (AvgIpc) is 2.29. The zero-order valence-electron chi connectivity index (χ0n) is 9.69. The Hall–Kier alpha value is -0.0600. The molecule has 1 amide bonds. The zero-order chi connectivity index (χ0) is 13.1. The first-order valence-corrected chi connectivity index (χ1v) is 7.44.